The summed E-state index contributed by atoms with van der Waals surface area (Å²) in [5, 5.41) is 0. The summed E-state index contributed by atoms with van der Waals surface area (Å²) in [6.07, 6.45) is 49.2. The minimum absolute atomic E-state index is 0.0846. The highest BCUT2D eigenvalue weighted by molar-refractivity contribution is 7.46. The van der Waals surface area contributed by atoms with Crippen molar-refractivity contribution in [3.8, 4) is 0 Å². The van der Waals surface area contributed by atoms with Gasteiger partial charge in [-0.1, -0.05) is 151 Å². The molecule has 9 heteroatoms. The van der Waals surface area contributed by atoms with Gasteiger partial charge in [0.25, 0.3) is 0 Å². The van der Waals surface area contributed by atoms with E-state index in [4.69, 9.17) is 19.3 Å². The molecule has 52 heavy (non-hydrogen) atoms. The number of unbranched alkanes of at least 4 members (excludes halogenated alkanes) is 14. The molecule has 0 saturated heterocycles. The van der Waals surface area contributed by atoms with Crippen LogP contribution < -0.4 is 0 Å². The first-order valence-electron chi connectivity index (χ1n) is 20.2. The van der Waals surface area contributed by atoms with E-state index in [0.29, 0.717) is 12.8 Å². The van der Waals surface area contributed by atoms with Gasteiger partial charge < -0.3 is 19.3 Å². The largest absolute Gasteiger partial charge is 0.469 e. The van der Waals surface area contributed by atoms with Gasteiger partial charge >= 0.3 is 19.8 Å². The van der Waals surface area contributed by atoms with Gasteiger partial charge in [-0.25, -0.2) is 4.57 Å². The van der Waals surface area contributed by atoms with Gasteiger partial charge in [-0.2, -0.15) is 0 Å². The van der Waals surface area contributed by atoms with Gasteiger partial charge in [-0.3, -0.25) is 14.1 Å². The Morgan fingerprint density at radius 2 is 0.904 bits per heavy atom. The number of phosphoric acid groups is 1. The fraction of sp³-hybridized carbons (Fsp3) is 0.674. The molecule has 1 atom stereocenters. The predicted octanol–water partition coefficient (Wildman–Crippen LogP) is 12.3. The van der Waals surface area contributed by atoms with Crippen LogP contribution in [0, 0.1) is 0 Å². The van der Waals surface area contributed by atoms with Crippen molar-refractivity contribution >= 4 is 19.8 Å². The Bertz CT molecular complexity index is 1070. The summed E-state index contributed by atoms with van der Waals surface area (Å²) in [5.74, 6) is -0.991. The Morgan fingerprint density at radius 3 is 1.42 bits per heavy atom. The summed E-state index contributed by atoms with van der Waals surface area (Å²) in [6.45, 7) is 3.57. The number of phosphoric ester groups is 1. The molecule has 0 radical (unpaired) electrons. The molecule has 0 aromatic carbocycles. The van der Waals surface area contributed by atoms with Crippen molar-refractivity contribution in [1.82, 2.24) is 0 Å². The van der Waals surface area contributed by atoms with E-state index >= 15 is 0 Å². The van der Waals surface area contributed by atoms with Crippen LogP contribution in [-0.4, -0.2) is 41.0 Å². The summed E-state index contributed by atoms with van der Waals surface area (Å²) >= 11 is 0. The minimum Gasteiger partial charge on any atom is -0.462 e. The number of allylic oxidation sites excluding steroid dienone is 12. The molecular formula is C43H73O8P. The second kappa shape index (κ2) is 38.2. The van der Waals surface area contributed by atoms with Crippen LogP contribution in [0.5, 0.6) is 0 Å². The molecule has 0 saturated carbocycles. The molecule has 0 aliphatic carbocycles. The van der Waals surface area contributed by atoms with E-state index in [2.05, 4.69) is 79.1 Å². The Balaban J connectivity index is 4.09. The van der Waals surface area contributed by atoms with Crippen LogP contribution in [0.3, 0.4) is 0 Å². The molecule has 0 amide bonds. The highest BCUT2D eigenvalue weighted by atomic mass is 31.2. The molecule has 0 aromatic rings. The number of esters is 2. The zero-order valence-corrected chi connectivity index (χ0v) is 33.6. The smallest absolute Gasteiger partial charge is 0.462 e. The first-order valence-corrected chi connectivity index (χ1v) is 21.8. The SMILES string of the molecule is CCCCC/C=C/C/C=C/C/C=C/C/C=C/C/C=C/CCC(=O)O[C@H](COC(=O)CCCCCCCCC/C=C/CCCCCC)COP(=O)(O)O. The predicted molar refractivity (Wildman–Crippen MR) is 216 cm³/mol. The fourth-order valence-corrected chi connectivity index (χ4v) is 5.53. The van der Waals surface area contributed by atoms with Crippen molar-refractivity contribution in [3.05, 3.63) is 72.9 Å². The summed E-state index contributed by atoms with van der Waals surface area (Å²) in [7, 11) is -4.78. The Morgan fingerprint density at radius 1 is 0.500 bits per heavy atom. The van der Waals surface area contributed by atoms with Gasteiger partial charge in [-0.05, 0) is 77.0 Å². The van der Waals surface area contributed by atoms with Crippen LogP contribution in [0.2, 0.25) is 0 Å². The Hall–Kier alpha value is -2.51. The Kier molecular flexibility index (Phi) is 36.4. The van der Waals surface area contributed by atoms with Gasteiger partial charge in [0.15, 0.2) is 6.10 Å². The van der Waals surface area contributed by atoms with Crippen LogP contribution in [0.1, 0.15) is 168 Å². The van der Waals surface area contributed by atoms with Crippen LogP contribution in [0.25, 0.3) is 0 Å². The number of carbonyl (C=O) groups excluding carboxylic acids is 2. The quantitative estimate of drug-likeness (QED) is 0.0281. The Labute approximate surface area is 317 Å². The fourth-order valence-electron chi connectivity index (χ4n) is 5.17. The van der Waals surface area contributed by atoms with Crippen molar-refractivity contribution in [2.75, 3.05) is 13.2 Å². The molecule has 0 fully saturated rings. The zero-order chi connectivity index (χ0) is 38.2. The maximum Gasteiger partial charge on any atom is 0.469 e. The van der Waals surface area contributed by atoms with Gasteiger partial charge in [0.2, 0.25) is 0 Å². The molecule has 2 N–H and O–H groups in total. The number of carbonyl (C=O) groups is 2. The molecule has 0 aliphatic rings. The average molecular weight is 749 g/mol. The maximum atomic E-state index is 12.4. The first-order chi connectivity index (χ1) is 25.3. The second-order valence-electron chi connectivity index (χ2n) is 13.2. The maximum absolute atomic E-state index is 12.4. The van der Waals surface area contributed by atoms with Crippen molar-refractivity contribution in [2.24, 2.45) is 0 Å². The number of ether oxygens (including phenoxy) is 2. The van der Waals surface area contributed by atoms with E-state index in [-0.39, 0.29) is 19.4 Å². The topological polar surface area (TPSA) is 119 Å². The van der Waals surface area contributed by atoms with E-state index in [1.165, 1.54) is 77.0 Å². The zero-order valence-electron chi connectivity index (χ0n) is 32.7. The van der Waals surface area contributed by atoms with Crippen molar-refractivity contribution in [1.29, 1.82) is 0 Å². The van der Waals surface area contributed by atoms with Gasteiger partial charge in [-0.15, -0.1) is 0 Å². The third-order valence-electron chi connectivity index (χ3n) is 8.21. The minimum atomic E-state index is -4.78. The normalized spacial score (nSPS) is 13.2. The van der Waals surface area contributed by atoms with Gasteiger partial charge in [0.1, 0.15) is 6.61 Å². The average Bonchev–Trinajstić information content (AvgIpc) is 3.11. The third-order valence-corrected chi connectivity index (χ3v) is 8.70. The molecule has 298 valence electrons. The van der Waals surface area contributed by atoms with Crippen LogP contribution in [-0.2, 0) is 28.2 Å². The van der Waals surface area contributed by atoms with E-state index < -0.39 is 32.5 Å². The van der Waals surface area contributed by atoms with Crippen molar-refractivity contribution in [2.45, 2.75) is 174 Å². The molecule has 8 nitrogen and oxygen atoms in total. The highest BCUT2D eigenvalue weighted by Crippen LogP contribution is 2.36. The van der Waals surface area contributed by atoms with Gasteiger partial charge in [0, 0.05) is 12.8 Å². The van der Waals surface area contributed by atoms with Crippen molar-refractivity contribution in [3.63, 3.8) is 0 Å². The molecular weight excluding hydrogens is 675 g/mol. The lowest BCUT2D eigenvalue weighted by Gasteiger charge is -2.18. The van der Waals surface area contributed by atoms with E-state index in [0.717, 1.165) is 51.4 Å². The van der Waals surface area contributed by atoms with Crippen molar-refractivity contribution < 1.29 is 37.9 Å². The lowest BCUT2D eigenvalue weighted by molar-refractivity contribution is -0.161. The first kappa shape index (κ1) is 49.5. The molecule has 0 spiro atoms. The number of hydrogen-bond donors (Lipinski definition) is 2. The molecule has 0 bridgehead atoms. The molecule has 0 heterocycles. The number of rotatable bonds is 36. The van der Waals surface area contributed by atoms with E-state index in [9.17, 15) is 14.2 Å². The molecule has 0 rings (SSSR count). The van der Waals surface area contributed by atoms with Crippen LogP contribution >= 0.6 is 7.82 Å². The van der Waals surface area contributed by atoms with Crippen LogP contribution in [0.15, 0.2) is 72.9 Å². The third kappa shape index (κ3) is 40.3. The highest BCUT2D eigenvalue weighted by Gasteiger charge is 2.22. The summed E-state index contributed by atoms with van der Waals surface area (Å²) in [4.78, 5) is 42.7. The summed E-state index contributed by atoms with van der Waals surface area (Å²) in [6, 6.07) is 0. The lowest BCUT2D eigenvalue weighted by Crippen LogP contribution is -2.29. The molecule has 0 unspecified atom stereocenters. The monoisotopic (exact) mass is 749 g/mol. The molecule has 0 aliphatic heterocycles. The summed E-state index contributed by atoms with van der Waals surface area (Å²) in [5.41, 5.74) is 0. The van der Waals surface area contributed by atoms with Gasteiger partial charge in [0.05, 0.1) is 6.61 Å². The standard InChI is InChI=1S/C43H73O8P/c1-3-5-7-9-11-13-15-17-19-20-21-22-24-26-28-30-32-34-36-38-43(45)51-41(40-50-52(46,47)48)39-49-42(44)37-35-33-31-29-27-25-23-18-16-14-12-10-8-6-4-2/h11,13-14,16-17,19,21-22,26,28,32,34,41H,3-10,12,15,18,20,23-25,27,29-31,33,35-40H2,1-2H3,(H2,46,47,48)/b13-11+,16-14+,19-17+,22-21+,28-26+,34-32+/t41-/m1/s1. The van der Waals surface area contributed by atoms with E-state index in [1.54, 1.807) is 0 Å². The van der Waals surface area contributed by atoms with Crippen LogP contribution in [0.4, 0.5) is 0 Å². The summed E-state index contributed by atoms with van der Waals surface area (Å²) < 4.78 is 26.3. The molecule has 0 aromatic heterocycles. The second-order valence-corrected chi connectivity index (χ2v) is 14.5. The lowest BCUT2D eigenvalue weighted by atomic mass is 10.1. The van der Waals surface area contributed by atoms with E-state index in [1.807, 2.05) is 12.2 Å². The number of hydrogen-bond acceptors (Lipinski definition) is 6.